The zero-order valence-electron chi connectivity index (χ0n) is 7.32. The van der Waals surface area contributed by atoms with E-state index in [1.54, 1.807) is 0 Å². The molecule has 0 unspecified atom stereocenters. The molecular weight excluding hydrogens is 204 g/mol. The fraction of sp³-hybridized carbons (Fsp3) is 0.500. The summed E-state index contributed by atoms with van der Waals surface area (Å²) < 4.78 is 12.2. The van der Waals surface area contributed by atoms with Gasteiger partial charge in [0.1, 0.15) is 0 Å². The normalized spacial score (nSPS) is 12.3. The van der Waals surface area contributed by atoms with Gasteiger partial charge in [-0.25, -0.2) is 4.98 Å². The van der Waals surface area contributed by atoms with Crippen LogP contribution < -0.4 is 0 Å². The highest BCUT2D eigenvalue weighted by Gasteiger charge is 2.06. The standard InChI is InChI=1S/C8H10N2OS2/c1-7-6-12-8(10-7)13(11)5-3-2-4-9/h6H,2-3,5H2,1H3/t13-/m0/s1. The zero-order chi connectivity index (χ0) is 9.68. The van der Waals surface area contributed by atoms with Gasteiger partial charge in [0.05, 0.1) is 16.9 Å². The Kier molecular flexibility index (Phi) is 4.06. The van der Waals surface area contributed by atoms with Crippen LogP contribution in [0, 0.1) is 18.3 Å². The number of aromatic nitrogens is 1. The predicted molar refractivity (Wildman–Crippen MR) is 53.0 cm³/mol. The van der Waals surface area contributed by atoms with Gasteiger partial charge in [-0.15, -0.1) is 11.3 Å². The molecule has 13 heavy (non-hydrogen) atoms. The molecule has 1 rings (SSSR count). The van der Waals surface area contributed by atoms with E-state index in [-0.39, 0.29) is 0 Å². The molecular formula is C8H10N2OS2. The molecule has 0 aliphatic heterocycles. The minimum Gasteiger partial charge on any atom is -0.252 e. The molecule has 1 aromatic heterocycles. The van der Waals surface area contributed by atoms with E-state index in [0.29, 0.717) is 22.9 Å². The van der Waals surface area contributed by atoms with Gasteiger partial charge in [-0.1, -0.05) is 0 Å². The first kappa shape index (κ1) is 10.4. The summed E-state index contributed by atoms with van der Waals surface area (Å²) >= 11 is 1.42. The van der Waals surface area contributed by atoms with Crippen molar-refractivity contribution < 1.29 is 4.21 Å². The van der Waals surface area contributed by atoms with Crippen LogP contribution in [-0.2, 0) is 10.8 Å². The van der Waals surface area contributed by atoms with Crippen LogP contribution in [0.5, 0.6) is 0 Å². The van der Waals surface area contributed by atoms with E-state index in [9.17, 15) is 4.21 Å². The molecule has 70 valence electrons. The summed E-state index contributed by atoms with van der Waals surface area (Å²) in [5.74, 6) is 0.542. The Hall–Kier alpha value is -0.730. The lowest BCUT2D eigenvalue weighted by molar-refractivity contribution is 0.680. The van der Waals surface area contributed by atoms with Crippen molar-refractivity contribution in [1.82, 2.24) is 4.98 Å². The lowest BCUT2D eigenvalue weighted by Gasteiger charge is -1.93. The number of nitriles is 1. The monoisotopic (exact) mass is 214 g/mol. The summed E-state index contributed by atoms with van der Waals surface area (Å²) in [5.41, 5.74) is 0.911. The van der Waals surface area contributed by atoms with Gasteiger partial charge in [0.2, 0.25) is 0 Å². The van der Waals surface area contributed by atoms with Gasteiger partial charge in [-0.3, -0.25) is 4.21 Å². The lowest BCUT2D eigenvalue weighted by Crippen LogP contribution is -1.97. The summed E-state index contributed by atoms with van der Waals surface area (Å²) in [6.45, 7) is 1.88. The van der Waals surface area contributed by atoms with Crippen LogP contribution in [0.2, 0.25) is 0 Å². The largest absolute Gasteiger partial charge is 0.252 e. The topological polar surface area (TPSA) is 53.8 Å². The van der Waals surface area contributed by atoms with E-state index in [0.717, 1.165) is 5.69 Å². The minimum atomic E-state index is -1.01. The van der Waals surface area contributed by atoms with Crippen molar-refractivity contribution in [3.05, 3.63) is 11.1 Å². The molecule has 1 atom stereocenters. The molecule has 0 saturated heterocycles. The number of unbranched alkanes of at least 4 members (excludes halogenated alkanes) is 1. The second-order valence-electron chi connectivity index (χ2n) is 2.57. The van der Waals surface area contributed by atoms with E-state index in [1.165, 1.54) is 11.3 Å². The Labute approximate surface area is 83.9 Å². The van der Waals surface area contributed by atoms with Crippen LogP contribution in [0.25, 0.3) is 0 Å². The molecule has 0 aliphatic carbocycles. The van der Waals surface area contributed by atoms with E-state index in [1.807, 2.05) is 18.4 Å². The van der Waals surface area contributed by atoms with Crippen LogP contribution in [0.4, 0.5) is 0 Å². The SMILES string of the molecule is Cc1csc([S@@](=O)CCCC#N)n1. The number of nitrogens with zero attached hydrogens (tertiary/aromatic N) is 2. The number of hydrogen-bond acceptors (Lipinski definition) is 4. The first-order chi connectivity index (χ1) is 6.24. The fourth-order valence-electron chi connectivity index (χ4n) is 0.807. The number of hydrogen-bond donors (Lipinski definition) is 0. The zero-order valence-corrected chi connectivity index (χ0v) is 8.95. The van der Waals surface area contributed by atoms with Crippen LogP contribution >= 0.6 is 11.3 Å². The van der Waals surface area contributed by atoms with Crippen LogP contribution in [0.1, 0.15) is 18.5 Å². The minimum absolute atomic E-state index is 0.468. The maximum absolute atomic E-state index is 11.5. The van der Waals surface area contributed by atoms with Crippen molar-refractivity contribution in [2.24, 2.45) is 0 Å². The molecule has 1 aromatic rings. The molecule has 3 nitrogen and oxygen atoms in total. The fourth-order valence-corrected chi connectivity index (χ4v) is 2.98. The van der Waals surface area contributed by atoms with Gasteiger partial charge in [0, 0.05) is 23.2 Å². The number of rotatable bonds is 4. The number of aryl methyl sites for hydroxylation is 1. The molecule has 0 N–H and O–H groups in total. The molecule has 0 aliphatic rings. The molecule has 0 fully saturated rings. The average molecular weight is 214 g/mol. The molecule has 5 heteroatoms. The summed E-state index contributed by atoms with van der Waals surface area (Å²) in [7, 11) is -1.01. The van der Waals surface area contributed by atoms with E-state index in [2.05, 4.69) is 4.98 Å². The third-order valence-corrected chi connectivity index (χ3v) is 4.15. The summed E-state index contributed by atoms with van der Waals surface area (Å²) in [4.78, 5) is 4.12. The van der Waals surface area contributed by atoms with Gasteiger partial charge >= 0.3 is 0 Å². The van der Waals surface area contributed by atoms with Gasteiger partial charge in [-0.2, -0.15) is 5.26 Å². The molecule has 0 radical (unpaired) electrons. The molecule has 0 spiro atoms. The van der Waals surface area contributed by atoms with Crippen LogP contribution in [0.15, 0.2) is 9.72 Å². The Morgan fingerprint density at radius 3 is 3.08 bits per heavy atom. The average Bonchev–Trinajstić information content (AvgIpc) is 2.52. The van der Waals surface area contributed by atoms with Crippen LogP contribution in [-0.4, -0.2) is 14.9 Å². The Bertz CT molecular complexity index is 340. The molecule has 0 amide bonds. The van der Waals surface area contributed by atoms with Crippen LogP contribution in [0.3, 0.4) is 0 Å². The highest BCUT2D eigenvalue weighted by Crippen LogP contribution is 2.14. The second-order valence-corrected chi connectivity index (χ2v) is 5.17. The Morgan fingerprint density at radius 1 is 1.77 bits per heavy atom. The van der Waals surface area contributed by atoms with Crippen molar-refractivity contribution in [1.29, 1.82) is 5.26 Å². The van der Waals surface area contributed by atoms with Gasteiger partial charge in [0.15, 0.2) is 4.34 Å². The first-order valence-electron chi connectivity index (χ1n) is 3.91. The van der Waals surface area contributed by atoms with Crippen molar-refractivity contribution in [2.75, 3.05) is 5.75 Å². The van der Waals surface area contributed by atoms with Crippen molar-refractivity contribution in [3.63, 3.8) is 0 Å². The van der Waals surface area contributed by atoms with Crippen molar-refractivity contribution >= 4 is 22.1 Å². The molecule has 0 saturated carbocycles. The quantitative estimate of drug-likeness (QED) is 0.719. The summed E-state index contributed by atoms with van der Waals surface area (Å²) in [6, 6.07) is 2.03. The van der Waals surface area contributed by atoms with E-state index >= 15 is 0 Å². The highest BCUT2D eigenvalue weighted by molar-refractivity contribution is 7.87. The van der Waals surface area contributed by atoms with E-state index < -0.39 is 10.8 Å². The lowest BCUT2D eigenvalue weighted by atomic mass is 10.4. The van der Waals surface area contributed by atoms with E-state index in [4.69, 9.17) is 5.26 Å². The van der Waals surface area contributed by atoms with Crippen molar-refractivity contribution in [2.45, 2.75) is 24.1 Å². The maximum Gasteiger partial charge on any atom is 0.180 e. The summed E-state index contributed by atoms with van der Waals surface area (Å²) in [5, 5.41) is 10.2. The number of thiazole rings is 1. The third-order valence-electron chi connectivity index (χ3n) is 1.41. The summed E-state index contributed by atoms with van der Waals surface area (Å²) in [6.07, 6.45) is 1.15. The predicted octanol–water partition coefficient (Wildman–Crippen LogP) is 1.86. The third kappa shape index (κ3) is 3.25. The Balaban J connectivity index is 2.45. The smallest absolute Gasteiger partial charge is 0.180 e. The first-order valence-corrected chi connectivity index (χ1v) is 6.11. The molecule has 1 heterocycles. The highest BCUT2D eigenvalue weighted by atomic mass is 32.2. The maximum atomic E-state index is 11.5. The Morgan fingerprint density at radius 2 is 2.54 bits per heavy atom. The second kappa shape index (κ2) is 5.10. The van der Waals surface area contributed by atoms with Gasteiger partial charge < -0.3 is 0 Å². The molecule has 0 aromatic carbocycles. The molecule has 0 bridgehead atoms. The van der Waals surface area contributed by atoms with Gasteiger partial charge in [-0.05, 0) is 13.3 Å². The van der Waals surface area contributed by atoms with Crippen molar-refractivity contribution in [3.8, 4) is 6.07 Å². The van der Waals surface area contributed by atoms with Gasteiger partial charge in [0.25, 0.3) is 0 Å².